The van der Waals surface area contributed by atoms with Crippen molar-refractivity contribution in [3.8, 4) is 0 Å². The van der Waals surface area contributed by atoms with Crippen molar-refractivity contribution in [1.29, 1.82) is 0 Å². The van der Waals surface area contributed by atoms with Gasteiger partial charge in [0.2, 0.25) is 0 Å². The molecule has 2 rings (SSSR count). The van der Waals surface area contributed by atoms with E-state index in [0.29, 0.717) is 0 Å². The van der Waals surface area contributed by atoms with Crippen LogP contribution >= 0.6 is 0 Å². The monoisotopic (exact) mass is 306 g/mol. The molecule has 1 fully saturated rings. The Morgan fingerprint density at radius 3 is 2.73 bits per heavy atom. The van der Waals surface area contributed by atoms with Gasteiger partial charge in [0.1, 0.15) is 0 Å². The molecule has 0 amide bonds. The third-order valence-electron chi connectivity index (χ3n) is 4.32. The minimum Gasteiger partial charge on any atom is -0.356 e. The largest absolute Gasteiger partial charge is 0.356 e. The van der Waals surface area contributed by atoms with Gasteiger partial charge in [-0.3, -0.25) is 9.67 Å². The van der Waals surface area contributed by atoms with Crippen molar-refractivity contribution in [2.24, 2.45) is 10.9 Å². The highest BCUT2D eigenvalue weighted by atomic mass is 15.3. The van der Waals surface area contributed by atoms with Crippen molar-refractivity contribution in [1.82, 2.24) is 25.3 Å². The van der Waals surface area contributed by atoms with E-state index >= 15 is 0 Å². The summed E-state index contributed by atoms with van der Waals surface area (Å²) in [6, 6.07) is 1.96. The molecule has 1 aliphatic rings. The van der Waals surface area contributed by atoms with Crippen LogP contribution in [0.25, 0.3) is 0 Å². The zero-order valence-electron chi connectivity index (χ0n) is 14.0. The molecule has 6 nitrogen and oxygen atoms in total. The normalized spacial score (nSPS) is 17.6. The molecule has 0 bridgehead atoms. The standard InChI is InChI=1S/C16H30N6/c1-17-16(18-8-3-11-22-12-4-9-20-22)19-10-5-15-6-13-21(2)14-7-15/h4,9,12,15H,3,5-8,10-11,13-14H2,1-2H3,(H2,17,18,19). The lowest BCUT2D eigenvalue weighted by Gasteiger charge is -2.29. The van der Waals surface area contributed by atoms with Crippen molar-refractivity contribution in [2.75, 3.05) is 40.3 Å². The second-order valence-corrected chi connectivity index (χ2v) is 6.08. The highest BCUT2D eigenvalue weighted by Crippen LogP contribution is 2.18. The number of aromatic nitrogens is 2. The molecule has 2 N–H and O–H groups in total. The third kappa shape index (κ3) is 6.05. The molecule has 1 saturated heterocycles. The number of piperidine rings is 1. The number of aliphatic imine (C=N–C) groups is 1. The maximum atomic E-state index is 4.28. The number of aryl methyl sites for hydroxylation is 1. The van der Waals surface area contributed by atoms with Crippen LogP contribution in [0.4, 0.5) is 0 Å². The summed E-state index contributed by atoms with van der Waals surface area (Å²) in [7, 11) is 4.04. The summed E-state index contributed by atoms with van der Waals surface area (Å²) in [6.45, 7) is 5.34. The Labute approximate surface area is 134 Å². The zero-order chi connectivity index (χ0) is 15.6. The van der Waals surface area contributed by atoms with Gasteiger partial charge in [-0.1, -0.05) is 0 Å². The van der Waals surface area contributed by atoms with Crippen LogP contribution in [0.5, 0.6) is 0 Å². The predicted molar refractivity (Wildman–Crippen MR) is 91.0 cm³/mol. The second-order valence-electron chi connectivity index (χ2n) is 6.08. The van der Waals surface area contributed by atoms with Gasteiger partial charge in [-0.2, -0.15) is 5.10 Å². The Balaban J connectivity index is 1.53. The van der Waals surface area contributed by atoms with Gasteiger partial charge in [-0.25, -0.2) is 0 Å². The van der Waals surface area contributed by atoms with Crippen LogP contribution in [0, 0.1) is 5.92 Å². The van der Waals surface area contributed by atoms with Gasteiger partial charge in [0.25, 0.3) is 0 Å². The first-order valence-corrected chi connectivity index (χ1v) is 8.38. The van der Waals surface area contributed by atoms with Crippen molar-refractivity contribution in [2.45, 2.75) is 32.2 Å². The minimum absolute atomic E-state index is 0.863. The molecule has 0 aromatic carbocycles. The quantitative estimate of drug-likeness (QED) is 0.451. The number of guanidine groups is 1. The maximum Gasteiger partial charge on any atom is 0.190 e. The molecule has 124 valence electrons. The Morgan fingerprint density at radius 2 is 2.05 bits per heavy atom. The lowest BCUT2D eigenvalue weighted by Crippen LogP contribution is -2.39. The third-order valence-corrected chi connectivity index (χ3v) is 4.32. The fourth-order valence-electron chi connectivity index (χ4n) is 2.85. The van der Waals surface area contributed by atoms with Crippen LogP contribution in [0.2, 0.25) is 0 Å². The summed E-state index contributed by atoms with van der Waals surface area (Å²) < 4.78 is 1.96. The van der Waals surface area contributed by atoms with Crippen LogP contribution < -0.4 is 10.6 Å². The number of hydrogen-bond acceptors (Lipinski definition) is 3. The molecule has 0 unspecified atom stereocenters. The van der Waals surface area contributed by atoms with Gasteiger partial charge in [-0.15, -0.1) is 0 Å². The maximum absolute atomic E-state index is 4.28. The molecule has 6 heteroatoms. The number of nitrogens with zero attached hydrogens (tertiary/aromatic N) is 4. The van der Waals surface area contributed by atoms with E-state index in [1.807, 2.05) is 30.2 Å². The van der Waals surface area contributed by atoms with E-state index < -0.39 is 0 Å². The summed E-state index contributed by atoms with van der Waals surface area (Å²) in [5, 5.41) is 11.0. The predicted octanol–water partition coefficient (Wildman–Crippen LogP) is 1.17. The van der Waals surface area contributed by atoms with Gasteiger partial charge in [0, 0.05) is 39.1 Å². The van der Waals surface area contributed by atoms with Crippen molar-refractivity contribution in [3.05, 3.63) is 18.5 Å². The van der Waals surface area contributed by atoms with Crippen LogP contribution in [-0.2, 0) is 6.54 Å². The molecule has 0 aliphatic carbocycles. The lowest BCUT2D eigenvalue weighted by molar-refractivity contribution is 0.213. The molecule has 1 aromatic rings. The van der Waals surface area contributed by atoms with Gasteiger partial charge in [-0.05, 0) is 57.8 Å². The van der Waals surface area contributed by atoms with Gasteiger partial charge >= 0.3 is 0 Å². The smallest absolute Gasteiger partial charge is 0.190 e. The summed E-state index contributed by atoms with van der Waals surface area (Å²) in [6.07, 6.45) is 8.74. The fourth-order valence-corrected chi connectivity index (χ4v) is 2.85. The average molecular weight is 306 g/mol. The zero-order valence-corrected chi connectivity index (χ0v) is 14.0. The van der Waals surface area contributed by atoms with Crippen LogP contribution in [-0.4, -0.2) is 60.9 Å². The first kappa shape index (κ1) is 16.8. The van der Waals surface area contributed by atoms with E-state index in [2.05, 4.69) is 32.7 Å². The fraction of sp³-hybridized carbons (Fsp3) is 0.750. The average Bonchev–Trinajstić information content (AvgIpc) is 3.05. The van der Waals surface area contributed by atoms with E-state index in [0.717, 1.165) is 37.9 Å². The Kier molecular flexibility index (Phi) is 7.22. The summed E-state index contributed by atoms with van der Waals surface area (Å²) in [4.78, 5) is 6.70. The minimum atomic E-state index is 0.863. The highest BCUT2D eigenvalue weighted by molar-refractivity contribution is 5.79. The topological polar surface area (TPSA) is 57.5 Å². The summed E-state index contributed by atoms with van der Waals surface area (Å²) >= 11 is 0. The van der Waals surface area contributed by atoms with E-state index in [4.69, 9.17) is 0 Å². The van der Waals surface area contributed by atoms with Gasteiger partial charge in [0.15, 0.2) is 5.96 Å². The van der Waals surface area contributed by atoms with Crippen LogP contribution in [0.1, 0.15) is 25.7 Å². The Hall–Kier alpha value is -1.56. The van der Waals surface area contributed by atoms with E-state index in [-0.39, 0.29) is 0 Å². The molecular weight excluding hydrogens is 276 g/mol. The van der Waals surface area contributed by atoms with Crippen molar-refractivity contribution >= 4 is 5.96 Å². The van der Waals surface area contributed by atoms with Gasteiger partial charge < -0.3 is 15.5 Å². The second kappa shape index (κ2) is 9.46. The molecular formula is C16H30N6. The first-order chi connectivity index (χ1) is 10.8. The summed E-state index contributed by atoms with van der Waals surface area (Å²) in [5.41, 5.74) is 0. The number of likely N-dealkylation sites (tertiary alicyclic amines) is 1. The number of nitrogens with one attached hydrogen (secondary N) is 2. The molecule has 1 aromatic heterocycles. The Morgan fingerprint density at radius 1 is 1.27 bits per heavy atom. The molecule has 0 radical (unpaired) electrons. The van der Waals surface area contributed by atoms with Gasteiger partial charge in [0.05, 0.1) is 0 Å². The van der Waals surface area contributed by atoms with E-state index in [1.165, 1.54) is 32.4 Å². The SMILES string of the molecule is CN=C(NCCCn1cccn1)NCCC1CCN(C)CC1. The molecule has 22 heavy (non-hydrogen) atoms. The van der Waals surface area contributed by atoms with Crippen LogP contribution in [0.15, 0.2) is 23.5 Å². The summed E-state index contributed by atoms with van der Waals surface area (Å²) in [5.74, 6) is 1.77. The molecule has 0 spiro atoms. The molecule has 1 aliphatic heterocycles. The number of rotatable bonds is 7. The lowest BCUT2D eigenvalue weighted by atomic mass is 9.94. The first-order valence-electron chi connectivity index (χ1n) is 8.38. The van der Waals surface area contributed by atoms with Crippen molar-refractivity contribution < 1.29 is 0 Å². The molecule has 0 saturated carbocycles. The molecule has 2 heterocycles. The highest BCUT2D eigenvalue weighted by Gasteiger charge is 2.16. The molecule has 0 atom stereocenters. The van der Waals surface area contributed by atoms with E-state index in [1.54, 1.807) is 0 Å². The number of hydrogen-bond donors (Lipinski definition) is 2. The Bertz CT molecular complexity index is 420. The van der Waals surface area contributed by atoms with E-state index in [9.17, 15) is 0 Å². The van der Waals surface area contributed by atoms with Crippen LogP contribution in [0.3, 0.4) is 0 Å². The van der Waals surface area contributed by atoms with Crippen molar-refractivity contribution in [3.63, 3.8) is 0 Å².